The molecule has 0 aliphatic heterocycles. The van der Waals surface area contributed by atoms with Crippen molar-refractivity contribution in [2.24, 2.45) is 7.05 Å². The Kier molecular flexibility index (Phi) is 7.45. The highest BCUT2D eigenvalue weighted by molar-refractivity contribution is 7.99. The standard InChI is InChI=1S/C27H22ClF2N5O3S/c1-14-32-25-16(4-18(29)8-24(25)38-14)13-37-23-9-19(30)11-31-26(23)22-5-15(12-35(22)2)27(36)33-20-6-17(28)7-21(10-20)34-39-3/h4-12,34H,13H2,1-3H3,(H,33,36). The Labute approximate surface area is 231 Å². The number of halogens is 3. The third kappa shape index (κ3) is 5.84. The predicted octanol–water partition coefficient (Wildman–Crippen LogP) is 6.99. The molecule has 1 amide bonds. The summed E-state index contributed by atoms with van der Waals surface area (Å²) >= 11 is 7.58. The number of nitrogens with one attached hydrogen (secondary N) is 2. The van der Waals surface area contributed by atoms with Crippen molar-refractivity contribution in [3.05, 3.63) is 88.5 Å². The van der Waals surface area contributed by atoms with Crippen LogP contribution in [0.25, 0.3) is 22.5 Å². The maximum atomic E-state index is 14.2. The SMILES string of the molecule is CSNc1cc(Cl)cc(NC(=O)c2cc(-c3ncc(F)cc3OCc3cc(F)cc4oc(C)nc34)n(C)c2)c1. The minimum atomic E-state index is -0.613. The summed E-state index contributed by atoms with van der Waals surface area (Å²) in [4.78, 5) is 21.6. The van der Waals surface area contributed by atoms with Crippen LogP contribution < -0.4 is 14.8 Å². The molecular formula is C27H22ClF2N5O3S. The zero-order valence-electron chi connectivity index (χ0n) is 21.0. The molecule has 3 heterocycles. The van der Waals surface area contributed by atoms with Crippen molar-refractivity contribution in [1.29, 1.82) is 0 Å². The van der Waals surface area contributed by atoms with E-state index in [0.717, 1.165) is 11.9 Å². The van der Waals surface area contributed by atoms with Crippen LogP contribution in [0.3, 0.4) is 0 Å². The van der Waals surface area contributed by atoms with E-state index in [4.69, 9.17) is 20.8 Å². The van der Waals surface area contributed by atoms with E-state index in [9.17, 15) is 13.6 Å². The van der Waals surface area contributed by atoms with E-state index in [1.165, 1.54) is 30.1 Å². The van der Waals surface area contributed by atoms with Gasteiger partial charge in [0.2, 0.25) is 0 Å². The first-order chi connectivity index (χ1) is 18.7. The topological polar surface area (TPSA) is 94.2 Å². The molecule has 0 aliphatic carbocycles. The lowest BCUT2D eigenvalue weighted by molar-refractivity contribution is 0.102. The number of oxazole rings is 1. The van der Waals surface area contributed by atoms with Crippen LogP contribution in [0.4, 0.5) is 20.2 Å². The number of pyridine rings is 1. The molecule has 0 fully saturated rings. The lowest BCUT2D eigenvalue weighted by Gasteiger charge is -2.12. The maximum absolute atomic E-state index is 14.2. The number of amides is 1. The lowest BCUT2D eigenvalue weighted by Crippen LogP contribution is -2.11. The number of anilines is 2. The van der Waals surface area contributed by atoms with Crippen LogP contribution in [0.15, 0.2) is 59.3 Å². The van der Waals surface area contributed by atoms with Crippen molar-refractivity contribution in [1.82, 2.24) is 14.5 Å². The summed E-state index contributed by atoms with van der Waals surface area (Å²) < 4.78 is 44.4. The largest absolute Gasteiger partial charge is 0.486 e. The summed E-state index contributed by atoms with van der Waals surface area (Å²) in [6.07, 6.45) is 4.56. The van der Waals surface area contributed by atoms with Gasteiger partial charge in [-0.15, -0.1) is 0 Å². The van der Waals surface area contributed by atoms with Gasteiger partial charge in [-0.25, -0.2) is 18.7 Å². The second-order valence-corrected chi connectivity index (χ2v) is 9.70. The molecule has 0 bridgehead atoms. The molecule has 2 aromatic carbocycles. The van der Waals surface area contributed by atoms with Crippen LogP contribution in [-0.4, -0.2) is 26.7 Å². The third-order valence-corrected chi connectivity index (χ3v) is 6.39. The number of benzene rings is 2. The second-order valence-electron chi connectivity index (χ2n) is 8.65. The number of hydrogen-bond acceptors (Lipinski definition) is 7. The van der Waals surface area contributed by atoms with Crippen LogP contribution in [0.5, 0.6) is 5.75 Å². The lowest BCUT2D eigenvalue weighted by atomic mass is 10.2. The Morgan fingerprint density at radius 3 is 2.72 bits per heavy atom. The fourth-order valence-corrected chi connectivity index (χ4v) is 4.72. The summed E-state index contributed by atoms with van der Waals surface area (Å²) in [7, 11) is 1.73. The van der Waals surface area contributed by atoms with Gasteiger partial charge in [0.15, 0.2) is 17.2 Å². The summed E-state index contributed by atoms with van der Waals surface area (Å²) in [6.45, 7) is 1.55. The summed E-state index contributed by atoms with van der Waals surface area (Å²) in [5, 5.41) is 3.30. The Morgan fingerprint density at radius 2 is 1.92 bits per heavy atom. The van der Waals surface area contributed by atoms with Crippen LogP contribution in [0, 0.1) is 18.6 Å². The zero-order valence-corrected chi connectivity index (χ0v) is 22.6. The van der Waals surface area contributed by atoms with Crippen molar-refractivity contribution < 1.29 is 22.7 Å². The fourth-order valence-electron chi connectivity index (χ4n) is 4.13. The second kappa shape index (κ2) is 11.0. The van der Waals surface area contributed by atoms with Gasteiger partial charge >= 0.3 is 0 Å². The van der Waals surface area contributed by atoms with Crippen LogP contribution in [0.1, 0.15) is 21.8 Å². The number of hydrogen-bond donors (Lipinski definition) is 2. The first-order valence-corrected chi connectivity index (χ1v) is 13.2. The summed E-state index contributed by atoms with van der Waals surface area (Å²) in [6, 6.07) is 10.5. The van der Waals surface area contributed by atoms with E-state index in [1.807, 2.05) is 6.26 Å². The minimum absolute atomic E-state index is 0.114. The average molecular weight is 570 g/mol. The molecule has 0 unspecified atom stereocenters. The van der Waals surface area contributed by atoms with Crippen molar-refractivity contribution in [2.75, 3.05) is 16.3 Å². The Bertz CT molecular complexity index is 1700. The van der Waals surface area contributed by atoms with E-state index in [0.29, 0.717) is 44.6 Å². The smallest absolute Gasteiger partial charge is 0.257 e. The van der Waals surface area contributed by atoms with E-state index >= 15 is 0 Å². The van der Waals surface area contributed by atoms with E-state index in [-0.39, 0.29) is 23.8 Å². The molecule has 3 aromatic heterocycles. The van der Waals surface area contributed by atoms with Gasteiger partial charge in [-0.05, 0) is 30.3 Å². The molecule has 0 radical (unpaired) electrons. The minimum Gasteiger partial charge on any atom is -0.486 e. The highest BCUT2D eigenvalue weighted by Crippen LogP contribution is 2.32. The van der Waals surface area contributed by atoms with Gasteiger partial charge in [-0.2, -0.15) is 0 Å². The maximum Gasteiger partial charge on any atom is 0.257 e. The number of aromatic nitrogens is 3. The molecule has 0 atom stereocenters. The number of ether oxygens (including phenoxy) is 1. The van der Waals surface area contributed by atoms with Gasteiger partial charge in [-0.1, -0.05) is 23.5 Å². The number of carbonyl (C=O) groups is 1. The van der Waals surface area contributed by atoms with Gasteiger partial charge in [0.25, 0.3) is 5.91 Å². The van der Waals surface area contributed by atoms with Gasteiger partial charge in [0.05, 0.1) is 17.5 Å². The highest BCUT2D eigenvalue weighted by atomic mass is 35.5. The van der Waals surface area contributed by atoms with Gasteiger partial charge in [0.1, 0.15) is 29.5 Å². The van der Waals surface area contributed by atoms with Crippen molar-refractivity contribution in [2.45, 2.75) is 13.5 Å². The molecule has 200 valence electrons. The number of fused-ring (bicyclic) bond motifs is 1. The average Bonchev–Trinajstić information content (AvgIpc) is 3.44. The van der Waals surface area contributed by atoms with Gasteiger partial charge in [-0.3, -0.25) is 4.79 Å². The number of nitrogens with zero attached hydrogens (tertiary/aromatic N) is 3. The number of aryl methyl sites for hydroxylation is 2. The molecular weight excluding hydrogens is 548 g/mol. The Balaban J connectivity index is 1.41. The summed E-state index contributed by atoms with van der Waals surface area (Å²) in [5.41, 5.74) is 3.58. The predicted molar refractivity (Wildman–Crippen MR) is 148 cm³/mol. The van der Waals surface area contributed by atoms with Crippen LogP contribution >= 0.6 is 23.5 Å². The molecule has 5 aromatic rings. The Hall–Kier alpha value is -4.09. The van der Waals surface area contributed by atoms with Gasteiger partial charge in [0, 0.05) is 60.5 Å². The molecule has 0 saturated heterocycles. The molecule has 0 saturated carbocycles. The van der Waals surface area contributed by atoms with Gasteiger partial charge < -0.3 is 23.8 Å². The van der Waals surface area contributed by atoms with Crippen molar-refractivity contribution in [3.63, 3.8) is 0 Å². The Morgan fingerprint density at radius 1 is 1.13 bits per heavy atom. The first kappa shape index (κ1) is 26.5. The quantitative estimate of drug-likeness (QED) is 0.194. The zero-order chi connectivity index (χ0) is 27.7. The van der Waals surface area contributed by atoms with Crippen molar-refractivity contribution in [3.8, 4) is 17.1 Å². The molecule has 39 heavy (non-hydrogen) atoms. The molecule has 2 N–H and O–H groups in total. The van der Waals surface area contributed by atoms with Crippen LogP contribution in [-0.2, 0) is 13.7 Å². The molecule has 12 heteroatoms. The molecule has 0 spiro atoms. The normalized spacial score (nSPS) is 11.1. The third-order valence-electron chi connectivity index (χ3n) is 5.73. The van der Waals surface area contributed by atoms with Crippen LogP contribution in [0.2, 0.25) is 5.02 Å². The molecule has 8 nitrogen and oxygen atoms in total. The van der Waals surface area contributed by atoms with E-state index in [1.54, 1.807) is 49.0 Å². The molecule has 5 rings (SSSR count). The first-order valence-electron chi connectivity index (χ1n) is 11.6. The number of carbonyl (C=O) groups excluding carboxylic acids is 1. The fraction of sp³-hybridized carbons (Fsp3) is 0.148. The van der Waals surface area contributed by atoms with E-state index in [2.05, 4.69) is 20.0 Å². The number of rotatable bonds is 8. The van der Waals surface area contributed by atoms with E-state index < -0.39 is 11.6 Å². The highest BCUT2D eigenvalue weighted by Gasteiger charge is 2.19. The van der Waals surface area contributed by atoms with Crippen molar-refractivity contribution >= 4 is 51.9 Å². The summed E-state index contributed by atoms with van der Waals surface area (Å²) in [5.74, 6) is -0.998. The molecule has 0 aliphatic rings. The monoisotopic (exact) mass is 569 g/mol.